The SMILES string of the molecule is CCNC(=NCCOCCOC)N1CCN(C/C=C/c2ccccc2)CC1. The van der Waals surface area contributed by atoms with Crippen LogP contribution >= 0.6 is 0 Å². The zero-order valence-corrected chi connectivity index (χ0v) is 16.8. The van der Waals surface area contributed by atoms with Crippen LogP contribution in [-0.2, 0) is 9.47 Å². The van der Waals surface area contributed by atoms with E-state index in [1.807, 2.05) is 6.07 Å². The molecule has 1 heterocycles. The van der Waals surface area contributed by atoms with E-state index >= 15 is 0 Å². The second kappa shape index (κ2) is 13.3. The molecule has 1 N–H and O–H groups in total. The van der Waals surface area contributed by atoms with Crippen molar-refractivity contribution in [1.29, 1.82) is 0 Å². The molecule has 0 bridgehead atoms. The molecule has 6 nitrogen and oxygen atoms in total. The van der Waals surface area contributed by atoms with E-state index in [2.05, 4.69) is 58.5 Å². The van der Waals surface area contributed by atoms with Gasteiger partial charge in [0.05, 0.1) is 26.4 Å². The van der Waals surface area contributed by atoms with Gasteiger partial charge in [0.25, 0.3) is 0 Å². The molecule has 0 amide bonds. The van der Waals surface area contributed by atoms with Gasteiger partial charge in [-0.05, 0) is 12.5 Å². The van der Waals surface area contributed by atoms with E-state index in [-0.39, 0.29) is 0 Å². The number of guanidine groups is 1. The molecule has 1 aromatic rings. The Bertz CT molecular complexity index is 555. The molecular formula is C21H34N4O2. The Morgan fingerprint density at radius 2 is 1.89 bits per heavy atom. The molecule has 1 aliphatic rings. The molecule has 1 aromatic carbocycles. The Labute approximate surface area is 163 Å². The van der Waals surface area contributed by atoms with Crippen LogP contribution in [0.15, 0.2) is 41.4 Å². The number of nitrogens with zero attached hydrogens (tertiary/aromatic N) is 3. The molecule has 1 aliphatic heterocycles. The topological polar surface area (TPSA) is 49.3 Å². The van der Waals surface area contributed by atoms with E-state index in [0.717, 1.165) is 45.2 Å². The van der Waals surface area contributed by atoms with Crippen LogP contribution in [-0.4, -0.2) is 88.5 Å². The maximum Gasteiger partial charge on any atom is 0.194 e. The highest BCUT2D eigenvalue weighted by molar-refractivity contribution is 5.80. The summed E-state index contributed by atoms with van der Waals surface area (Å²) in [5.41, 5.74) is 1.26. The van der Waals surface area contributed by atoms with Crippen molar-refractivity contribution in [3.63, 3.8) is 0 Å². The average molecular weight is 375 g/mol. The first-order valence-electron chi connectivity index (χ1n) is 9.87. The largest absolute Gasteiger partial charge is 0.382 e. The summed E-state index contributed by atoms with van der Waals surface area (Å²) in [5, 5.41) is 3.40. The molecule has 0 saturated carbocycles. The number of nitrogens with one attached hydrogen (secondary N) is 1. The number of piperazine rings is 1. The van der Waals surface area contributed by atoms with Crippen LogP contribution < -0.4 is 5.32 Å². The predicted molar refractivity (Wildman–Crippen MR) is 112 cm³/mol. The lowest BCUT2D eigenvalue weighted by Gasteiger charge is -2.36. The standard InChI is InChI=1S/C21H34N4O2/c1-3-22-21(23-11-17-27-19-18-26-2)25-15-13-24(14-16-25)12-7-10-20-8-5-4-6-9-20/h4-10H,3,11-19H2,1-2H3,(H,22,23)/b10-7+. The van der Waals surface area contributed by atoms with Crippen LogP contribution in [0.2, 0.25) is 0 Å². The minimum absolute atomic E-state index is 0.623. The first-order valence-corrected chi connectivity index (χ1v) is 9.87. The first kappa shape index (κ1) is 21.4. The van der Waals surface area contributed by atoms with Crippen molar-refractivity contribution in [2.45, 2.75) is 6.92 Å². The molecule has 0 spiro atoms. The van der Waals surface area contributed by atoms with Crippen LogP contribution in [0.1, 0.15) is 12.5 Å². The fourth-order valence-corrected chi connectivity index (χ4v) is 2.93. The van der Waals surface area contributed by atoms with E-state index < -0.39 is 0 Å². The molecule has 0 atom stereocenters. The van der Waals surface area contributed by atoms with Crippen molar-refractivity contribution in [1.82, 2.24) is 15.1 Å². The van der Waals surface area contributed by atoms with Gasteiger partial charge in [-0.2, -0.15) is 0 Å². The molecule has 2 rings (SSSR count). The first-order chi connectivity index (χ1) is 13.3. The minimum atomic E-state index is 0.623. The van der Waals surface area contributed by atoms with Gasteiger partial charge in [0.1, 0.15) is 0 Å². The second-order valence-electron chi connectivity index (χ2n) is 6.44. The van der Waals surface area contributed by atoms with Gasteiger partial charge in [0, 0.05) is 46.4 Å². The number of methoxy groups -OCH3 is 1. The smallest absolute Gasteiger partial charge is 0.194 e. The molecule has 150 valence electrons. The van der Waals surface area contributed by atoms with Gasteiger partial charge >= 0.3 is 0 Å². The predicted octanol–water partition coefficient (Wildman–Crippen LogP) is 1.95. The average Bonchev–Trinajstić information content (AvgIpc) is 2.71. The maximum absolute atomic E-state index is 5.49. The molecule has 1 fully saturated rings. The zero-order chi connectivity index (χ0) is 19.2. The molecule has 0 aliphatic carbocycles. The molecule has 0 radical (unpaired) electrons. The lowest BCUT2D eigenvalue weighted by Crippen LogP contribution is -2.52. The third-order valence-electron chi connectivity index (χ3n) is 4.41. The Balaban J connectivity index is 1.71. The van der Waals surface area contributed by atoms with Gasteiger partial charge in [0.2, 0.25) is 0 Å². The van der Waals surface area contributed by atoms with Crippen LogP contribution in [0.4, 0.5) is 0 Å². The van der Waals surface area contributed by atoms with Gasteiger partial charge in [-0.15, -0.1) is 0 Å². The highest BCUT2D eigenvalue weighted by Crippen LogP contribution is 2.05. The van der Waals surface area contributed by atoms with E-state index in [4.69, 9.17) is 14.5 Å². The van der Waals surface area contributed by atoms with Crippen molar-refractivity contribution in [3.8, 4) is 0 Å². The van der Waals surface area contributed by atoms with Gasteiger partial charge in [0.15, 0.2) is 5.96 Å². The van der Waals surface area contributed by atoms with Crippen molar-refractivity contribution in [2.75, 3.05) is 72.7 Å². The summed E-state index contributed by atoms with van der Waals surface area (Å²) in [5.74, 6) is 0.993. The molecule has 0 unspecified atom stereocenters. The van der Waals surface area contributed by atoms with E-state index in [9.17, 15) is 0 Å². The lowest BCUT2D eigenvalue weighted by molar-refractivity contribution is 0.0747. The van der Waals surface area contributed by atoms with Crippen molar-refractivity contribution >= 4 is 12.0 Å². The highest BCUT2D eigenvalue weighted by atomic mass is 16.5. The number of hydrogen-bond acceptors (Lipinski definition) is 4. The van der Waals surface area contributed by atoms with Gasteiger partial charge in [-0.3, -0.25) is 9.89 Å². The number of hydrogen-bond donors (Lipinski definition) is 1. The van der Waals surface area contributed by atoms with Crippen molar-refractivity contribution in [2.24, 2.45) is 4.99 Å². The summed E-state index contributed by atoms with van der Waals surface area (Å²) in [6.07, 6.45) is 4.45. The molecular weight excluding hydrogens is 340 g/mol. The maximum atomic E-state index is 5.49. The number of benzene rings is 1. The van der Waals surface area contributed by atoms with E-state index in [1.54, 1.807) is 7.11 Å². The van der Waals surface area contributed by atoms with Gasteiger partial charge in [-0.25, -0.2) is 0 Å². The summed E-state index contributed by atoms with van der Waals surface area (Å²) < 4.78 is 10.5. The second-order valence-corrected chi connectivity index (χ2v) is 6.44. The van der Waals surface area contributed by atoms with E-state index in [0.29, 0.717) is 26.4 Å². The summed E-state index contributed by atoms with van der Waals surface area (Å²) in [7, 11) is 1.68. The third kappa shape index (κ3) is 8.56. The fraction of sp³-hybridized carbons (Fsp3) is 0.571. The Hall–Kier alpha value is -1.89. The molecule has 1 saturated heterocycles. The summed E-state index contributed by atoms with van der Waals surface area (Å²) in [6.45, 7) is 10.6. The third-order valence-corrected chi connectivity index (χ3v) is 4.41. The van der Waals surface area contributed by atoms with Crippen molar-refractivity contribution in [3.05, 3.63) is 42.0 Å². The Morgan fingerprint density at radius 1 is 1.11 bits per heavy atom. The lowest BCUT2D eigenvalue weighted by atomic mass is 10.2. The van der Waals surface area contributed by atoms with Crippen LogP contribution in [0.5, 0.6) is 0 Å². The molecule has 27 heavy (non-hydrogen) atoms. The van der Waals surface area contributed by atoms with Crippen LogP contribution in [0.25, 0.3) is 6.08 Å². The normalized spacial score (nSPS) is 16.2. The summed E-state index contributed by atoms with van der Waals surface area (Å²) in [6, 6.07) is 10.5. The number of ether oxygens (including phenoxy) is 2. The number of rotatable bonds is 10. The quantitative estimate of drug-likeness (QED) is 0.385. The molecule has 6 heteroatoms. The fourth-order valence-electron chi connectivity index (χ4n) is 2.93. The van der Waals surface area contributed by atoms with Crippen molar-refractivity contribution < 1.29 is 9.47 Å². The zero-order valence-electron chi connectivity index (χ0n) is 16.8. The number of aliphatic imine (C=N–C) groups is 1. The minimum Gasteiger partial charge on any atom is -0.382 e. The summed E-state index contributed by atoms with van der Waals surface area (Å²) in [4.78, 5) is 9.52. The molecule has 0 aromatic heterocycles. The highest BCUT2D eigenvalue weighted by Gasteiger charge is 2.18. The Kier molecular flexibility index (Phi) is 10.6. The van der Waals surface area contributed by atoms with Crippen LogP contribution in [0, 0.1) is 0 Å². The van der Waals surface area contributed by atoms with E-state index in [1.165, 1.54) is 5.56 Å². The van der Waals surface area contributed by atoms with Gasteiger partial charge in [-0.1, -0.05) is 42.5 Å². The van der Waals surface area contributed by atoms with Gasteiger partial charge < -0.3 is 19.7 Å². The van der Waals surface area contributed by atoms with Crippen LogP contribution in [0.3, 0.4) is 0 Å². The Morgan fingerprint density at radius 3 is 2.59 bits per heavy atom. The monoisotopic (exact) mass is 374 g/mol. The summed E-state index contributed by atoms with van der Waals surface area (Å²) >= 11 is 0.